The van der Waals surface area contributed by atoms with Crippen LogP contribution >= 0.6 is 0 Å². The first-order chi connectivity index (χ1) is 11.5. The molecule has 0 spiro atoms. The summed E-state index contributed by atoms with van der Waals surface area (Å²) < 4.78 is 0. The summed E-state index contributed by atoms with van der Waals surface area (Å²) in [5.41, 5.74) is 5.86. The van der Waals surface area contributed by atoms with Crippen LogP contribution in [0.4, 0.5) is 0 Å². The minimum atomic E-state index is -0.0724. The van der Waals surface area contributed by atoms with Gasteiger partial charge in [-0.05, 0) is 29.9 Å². The number of benzene rings is 2. The van der Waals surface area contributed by atoms with E-state index in [0.717, 1.165) is 24.2 Å². The summed E-state index contributed by atoms with van der Waals surface area (Å²) in [6.45, 7) is 17.0. The molecule has 0 bridgehead atoms. The monoisotopic (exact) mass is 340 g/mol. The third kappa shape index (κ3) is 5.09. The Hall–Kier alpha value is -1.80. The average molecular weight is 341 g/mol. The molecule has 0 amide bonds. The summed E-state index contributed by atoms with van der Waals surface area (Å²) in [6, 6.07) is 13.1. The van der Waals surface area contributed by atoms with Gasteiger partial charge < -0.3 is 10.4 Å². The molecule has 0 aliphatic heterocycles. The van der Waals surface area contributed by atoms with E-state index < -0.39 is 0 Å². The Kier molecular flexibility index (Phi) is 5.63. The second-order valence-corrected chi connectivity index (χ2v) is 9.22. The maximum Gasteiger partial charge on any atom is 0.123 e. The van der Waals surface area contributed by atoms with E-state index in [0.29, 0.717) is 5.75 Å². The number of hydrogen-bond acceptors (Lipinski definition) is 1. The molecule has 0 radical (unpaired) electrons. The SMILES string of the molecule is Cc1ccc(C[NH2+]Cc2cc(C(C)(C)C)c(O)c(C(C)(C)C)c2)cc1. The van der Waals surface area contributed by atoms with E-state index in [1.807, 2.05) is 0 Å². The third-order valence-corrected chi connectivity index (χ3v) is 4.67. The Morgan fingerprint density at radius 3 is 1.64 bits per heavy atom. The van der Waals surface area contributed by atoms with Gasteiger partial charge in [-0.2, -0.15) is 0 Å². The lowest BCUT2D eigenvalue weighted by Crippen LogP contribution is -2.80. The molecule has 0 aliphatic rings. The van der Waals surface area contributed by atoms with Gasteiger partial charge in [-0.15, -0.1) is 0 Å². The molecule has 2 nitrogen and oxygen atoms in total. The first kappa shape index (κ1) is 19.5. The van der Waals surface area contributed by atoms with Crippen molar-refractivity contribution < 1.29 is 10.4 Å². The third-order valence-electron chi connectivity index (χ3n) is 4.67. The minimum Gasteiger partial charge on any atom is -0.507 e. The molecule has 0 saturated carbocycles. The normalized spacial score (nSPS) is 12.4. The molecular formula is C23H34NO+. The van der Waals surface area contributed by atoms with Crippen molar-refractivity contribution in [2.75, 3.05) is 0 Å². The topological polar surface area (TPSA) is 36.8 Å². The molecule has 25 heavy (non-hydrogen) atoms. The molecule has 0 aromatic heterocycles. The van der Waals surface area contributed by atoms with Gasteiger partial charge in [0.25, 0.3) is 0 Å². The van der Waals surface area contributed by atoms with Gasteiger partial charge in [-0.25, -0.2) is 0 Å². The molecule has 136 valence electrons. The van der Waals surface area contributed by atoms with Crippen molar-refractivity contribution in [1.82, 2.24) is 0 Å². The van der Waals surface area contributed by atoms with Gasteiger partial charge in [0, 0.05) is 22.3 Å². The maximum absolute atomic E-state index is 10.8. The number of quaternary nitrogens is 1. The molecule has 2 rings (SSSR count). The van der Waals surface area contributed by atoms with Crippen LogP contribution in [0.2, 0.25) is 0 Å². The number of phenolic OH excluding ortho intramolecular Hbond substituents is 1. The van der Waals surface area contributed by atoms with Crippen molar-refractivity contribution in [3.05, 3.63) is 64.2 Å². The Balaban J connectivity index is 2.23. The van der Waals surface area contributed by atoms with Gasteiger partial charge in [-0.3, -0.25) is 0 Å². The van der Waals surface area contributed by atoms with Crippen LogP contribution in [0.25, 0.3) is 0 Å². The minimum absolute atomic E-state index is 0.0724. The molecule has 0 aliphatic carbocycles. The van der Waals surface area contributed by atoms with Crippen LogP contribution in [0.1, 0.15) is 69.4 Å². The van der Waals surface area contributed by atoms with Crippen LogP contribution < -0.4 is 5.32 Å². The fourth-order valence-electron chi connectivity index (χ4n) is 3.09. The smallest absolute Gasteiger partial charge is 0.123 e. The summed E-state index contributed by atoms with van der Waals surface area (Å²) >= 11 is 0. The maximum atomic E-state index is 10.8. The van der Waals surface area contributed by atoms with Crippen LogP contribution in [0.3, 0.4) is 0 Å². The number of rotatable bonds is 4. The van der Waals surface area contributed by atoms with Gasteiger partial charge in [0.2, 0.25) is 0 Å². The number of hydrogen-bond donors (Lipinski definition) is 2. The Labute approximate surface area is 153 Å². The summed E-state index contributed by atoms with van der Waals surface area (Å²) in [6.07, 6.45) is 0. The predicted molar refractivity (Wildman–Crippen MR) is 106 cm³/mol. The van der Waals surface area contributed by atoms with Gasteiger partial charge >= 0.3 is 0 Å². The van der Waals surface area contributed by atoms with Crippen molar-refractivity contribution in [3.63, 3.8) is 0 Å². The van der Waals surface area contributed by atoms with Gasteiger partial charge in [0.05, 0.1) is 0 Å². The molecule has 2 aromatic carbocycles. The highest BCUT2D eigenvalue weighted by Gasteiger charge is 2.26. The van der Waals surface area contributed by atoms with Crippen molar-refractivity contribution in [2.45, 2.75) is 72.4 Å². The summed E-state index contributed by atoms with van der Waals surface area (Å²) in [7, 11) is 0. The Bertz CT molecular complexity index is 680. The van der Waals surface area contributed by atoms with Crippen LogP contribution in [0, 0.1) is 6.92 Å². The molecule has 2 aromatic rings. The number of aryl methyl sites for hydroxylation is 1. The zero-order valence-corrected chi connectivity index (χ0v) is 16.9. The fraction of sp³-hybridized carbons (Fsp3) is 0.478. The van der Waals surface area contributed by atoms with E-state index in [9.17, 15) is 5.11 Å². The van der Waals surface area contributed by atoms with Crippen LogP contribution in [0.5, 0.6) is 5.75 Å². The average Bonchev–Trinajstić information content (AvgIpc) is 2.48. The Morgan fingerprint density at radius 2 is 1.20 bits per heavy atom. The van der Waals surface area contributed by atoms with Crippen LogP contribution in [-0.2, 0) is 23.9 Å². The molecule has 2 heteroatoms. The highest BCUT2D eigenvalue weighted by molar-refractivity contribution is 5.49. The van der Waals surface area contributed by atoms with Crippen molar-refractivity contribution in [2.24, 2.45) is 0 Å². The number of aromatic hydroxyl groups is 1. The van der Waals surface area contributed by atoms with E-state index in [4.69, 9.17) is 0 Å². The lowest BCUT2D eigenvalue weighted by molar-refractivity contribution is -0.686. The lowest BCUT2D eigenvalue weighted by atomic mass is 9.78. The zero-order chi connectivity index (χ0) is 18.8. The summed E-state index contributed by atoms with van der Waals surface area (Å²) in [5.74, 6) is 0.460. The summed E-state index contributed by atoms with van der Waals surface area (Å²) in [4.78, 5) is 0. The molecule has 0 unspecified atom stereocenters. The van der Waals surface area contributed by atoms with E-state index >= 15 is 0 Å². The predicted octanol–water partition coefficient (Wildman–Crippen LogP) is 4.56. The molecule has 0 atom stereocenters. The first-order valence-corrected chi connectivity index (χ1v) is 9.22. The highest BCUT2D eigenvalue weighted by atomic mass is 16.3. The van der Waals surface area contributed by atoms with E-state index in [-0.39, 0.29) is 10.8 Å². The standard InChI is InChI=1S/C23H33NO/c1-16-8-10-17(11-9-16)14-24-15-18-12-19(22(2,3)4)21(25)20(13-18)23(5,6)7/h8-13,24-25H,14-15H2,1-7H3/p+1. The van der Waals surface area contributed by atoms with Crippen molar-refractivity contribution in [3.8, 4) is 5.75 Å². The van der Waals surface area contributed by atoms with E-state index in [2.05, 4.69) is 90.2 Å². The van der Waals surface area contributed by atoms with Gasteiger partial charge in [-0.1, -0.05) is 71.4 Å². The lowest BCUT2D eigenvalue weighted by Gasteiger charge is -2.28. The van der Waals surface area contributed by atoms with E-state index in [1.54, 1.807) is 0 Å². The van der Waals surface area contributed by atoms with Gasteiger partial charge in [0.15, 0.2) is 0 Å². The first-order valence-electron chi connectivity index (χ1n) is 9.22. The molecular weight excluding hydrogens is 306 g/mol. The number of nitrogens with two attached hydrogens (primary N) is 1. The fourth-order valence-corrected chi connectivity index (χ4v) is 3.09. The van der Waals surface area contributed by atoms with Gasteiger partial charge in [0.1, 0.15) is 18.8 Å². The van der Waals surface area contributed by atoms with Crippen LogP contribution in [0.15, 0.2) is 36.4 Å². The molecule has 0 heterocycles. The van der Waals surface area contributed by atoms with Crippen molar-refractivity contribution >= 4 is 0 Å². The quantitative estimate of drug-likeness (QED) is 0.841. The second-order valence-electron chi connectivity index (χ2n) is 9.22. The Morgan fingerprint density at radius 1 is 0.760 bits per heavy atom. The van der Waals surface area contributed by atoms with Crippen LogP contribution in [-0.4, -0.2) is 5.11 Å². The highest BCUT2D eigenvalue weighted by Crippen LogP contribution is 2.39. The number of phenols is 1. The molecule has 0 saturated heterocycles. The molecule has 0 fully saturated rings. The van der Waals surface area contributed by atoms with Crippen molar-refractivity contribution in [1.29, 1.82) is 0 Å². The molecule has 3 N–H and O–H groups in total. The zero-order valence-electron chi connectivity index (χ0n) is 16.9. The summed E-state index contributed by atoms with van der Waals surface area (Å²) in [5, 5.41) is 13.1. The largest absolute Gasteiger partial charge is 0.507 e. The second kappa shape index (κ2) is 7.21. The van der Waals surface area contributed by atoms with E-state index in [1.165, 1.54) is 16.7 Å².